The first-order valence-electron chi connectivity index (χ1n) is 11.5. The van der Waals surface area contributed by atoms with E-state index in [1.165, 1.54) is 24.3 Å². The van der Waals surface area contributed by atoms with E-state index >= 15 is 0 Å². The highest BCUT2D eigenvalue weighted by atomic mass is 16.6. The van der Waals surface area contributed by atoms with Crippen LogP contribution in [0.25, 0.3) is 0 Å². The number of rotatable bonds is 12. The molecular formula is C24H33N5O8. The molecule has 202 valence electrons. The molecule has 2 unspecified atom stereocenters. The number of nitrogens with two attached hydrogens (primary N) is 1. The van der Waals surface area contributed by atoms with Gasteiger partial charge in [-0.2, -0.15) is 5.26 Å². The number of carbonyl (C=O) groups excluding carboxylic acids is 5. The number of hydrogen-bond acceptors (Lipinski definition) is 9. The summed E-state index contributed by atoms with van der Waals surface area (Å²) in [6, 6.07) is 4.18. The van der Waals surface area contributed by atoms with Crippen LogP contribution in [-0.2, 0) is 28.7 Å². The molecule has 1 aromatic rings. The summed E-state index contributed by atoms with van der Waals surface area (Å²) < 4.78 is 9.97. The lowest BCUT2D eigenvalue weighted by Crippen LogP contribution is -2.54. The van der Waals surface area contributed by atoms with Gasteiger partial charge in [0.25, 0.3) is 0 Å². The van der Waals surface area contributed by atoms with E-state index in [1.54, 1.807) is 33.8 Å². The number of benzene rings is 1. The van der Waals surface area contributed by atoms with Crippen LogP contribution in [0, 0.1) is 11.3 Å². The maximum Gasteiger partial charge on any atom is 0.408 e. The molecule has 1 rings (SSSR count). The molecule has 37 heavy (non-hydrogen) atoms. The SMILES string of the molecule is CCOC(=O)CCNC(=O)C(c1cccc(O)c1)N(CC#N)C(=O)C(CC(N)=O)NC(=O)OC(C)(C)C. The van der Waals surface area contributed by atoms with Crippen molar-refractivity contribution in [2.45, 2.75) is 58.2 Å². The molecule has 0 aromatic heterocycles. The molecule has 4 amide bonds. The van der Waals surface area contributed by atoms with Crippen LogP contribution in [0.5, 0.6) is 5.75 Å². The number of phenolic OH excluding ortho intramolecular Hbond substituents is 1. The monoisotopic (exact) mass is 519 g/mol. The molecule has 5 N–H and O–H groups in total. The highest BCUT2D eigenvalue weighted by Gasteiger charge is 2.37. The Morgan fingerprint density at radius 1 is 1.22 bits per heavy atom. The summed E-state index contributed by atoms with van der Waals surface area (Å²) >= 11 is 0. The molecule has 0 bridgehead atoms. The zero-order chi connectivity index (χ0) is 28.2. The molecule has 0 spiro atoms. The summed E-state index contributed by atoms with van der Waals surface area (Å²) in [5, 5.41) is 24.2. The molecule has 0 aliphatic rings. The maximum absolute atomic E-state index is 13.5. The van der Waals surface area contributed by atoms with Gasteiger partial charge in [0.1, 0.15) is 30.0 Å². The smallest absolute Gasteiger partial charge is 0.408 e. The van der Waals surface area contributed by atoms with Crippen LogP contribution in [0.1, 0.15) is 52.1 Å². The number of hydrogen-bond donors (Lipinski definition) is 4. The Balaban J connectivity index is 3.36. The van der Waals surface area contributed by atoms with Crippen LogP contribution in [0.2, 0.25) is 0 Å². The molecule has 2 atom stereocenters. The summed E-state index contributed by atoms with van der Waals surface area (Å²) in [7, 11) is 0. The van der Waals surface area contributed by atoms with Gasteiger partial charge < -0.3 is 35.8 Å². The summed E-state index contributed by atoms with van der Waals surface area (Å²) in [5.41, 5.74) is 4.49. The van der Waals surface area contributed by atoms with Crippen LogP contribution >= 0.6 is 0 Å². The molecule has 0 radical (unpaired) electrons. The van der Waals surface area contributed by atoms with E-state index in [2.05, 4.69) is 10.6 Å². The number of esters is 1. The molecule has 0 fully saturated rings. The van der Waals surface area contributed by atoms with Crippen molar-refractivity contribution in [3.05, 3.63) is 29.8 Å². The molecule has 0 aliphatic heterocycles. The fraction of sp³-hybridized carbons (Fsp3) is 0.500. The number of nitriles is 1. The third-order valence-electron chi connectivity index (χ3n) is 4.60. The van der Waals surface area contributed by atoms with Crippen LogP contribution in [0.3, 0.4) is 0 Å². The minimum absolute atomic E-state index is 0.132. The molecule has 13 heteroatoms. The highest BCUT2D eigenvalue weighted by Crippen LogP contribution is 2.25. The number of alkyl carbamates (subject to hydrolysis) is 1. The van der Waals surface area contributed by atoms with Crippen molar-refractivity contribution in [1.82, 2.24) is 15.5 Å². The van der Waals surface area contributed by atoms with Gasteiger partial charge in [-0.05, 0) is 45.4 Å². The fourth-order valence-electron chi connectivity index (χ4n) is 3.21. The van der Waals surface area contributed by atoms with E-state index in [0.29, 0.717) is 0 Å². The van der Waals surface area contributed by atoms with E-state index in [1.807, 2.05) is 0 Å². The van der Waals surface area contributed by atoms with Gasteiger partial charge in [0.2, 0.25) is 17.7 Å². The first-order valence-corrected chi connectivity index (χ1v) is 11.5. The zero-order valence-electron chi connectivity index (χ0n) is 21.3. The average molecular weight is 520 g/mol. The Labute approximate surface area is 214 Å². The molecule has 0 heterocycles. The van der Waals surface area contributed by atoms with Gasteiger partial charge >= 0.3 is 12.1 Å². The predicted octanol–water partition coefficient (Wildman–Crippen LogP) is 0.624. The minimum atomic E-state index is -1.56. The maximum atomic E-state index is 13.5. The van der Waals surface area contributed by atoms with Gasteiger partial charge in [-0.1, -0.05) is 12.1 Å². The van der Waals surface area contributed by atoms with Crippen LogP contribution < -0.4 is 16.4 Å². The largest absolute Gasteiger partial charge is 0.508 e. The van der Waals surface area contributed by atoms with Gasteiger partial charge in [0, 0.05) is 6.54 Å². The Kier molecular flexibility index (Phi) is 11.8. The van der Waals surface area contributed by atoms with Gasteiger partial charge in [0.15, 0.2) is 0 Å². The van der Waals surface area contributed by atoms with Crippen LogP contribution in [0.15, 0.2) is 24.3 Å². The first-order chi connectivity index (χ1) is 17.3. The topological polar surface area (TPSA) is 201 Å². The summed E-state index contributed by atoms with van der Waals surface area (Å²) in [6.07, 6.45) is -1.81. The van der Waals surface area contributed by atoms with Gasteiger partial charge in [-0.15, -0.1) is 0 Å². The number of ether oxygens (including phenoxy) is 2. The lowest BCUT2D eigenvalue weighted by atomic mass is 10.0. The molecule has 0 saturated carbocycles. The fourth-order valence-corrected chi connectivity index (χ4v) is 3.21. The van der Waals surface area contributed by atoms with E-state index < -0.39 is 60.4 Å². The number of phenols is 1. The third-order valence-corrected chi connectivity index (χ3v) is 4.60. The second-order valence-corrected chi connectivity index (χ2v) is 8.84. The van der Waals surface area contributed by atoms with Gasteiger partial charge in [-0.3, -0.25) is 19.2 Å². The normalized spacial score (nSPS) is 12.3. The lowest BCUT2D eigenvalue weighted by molar-refractivity contribution is -0.144. The highest BCUT2D eigenvalue weighted by molar-refractivity contribution is 5.94. The molecule has 1 aromatic carbocycles. The number of nitrogens with zero attached hydrogens (tertiary/aromatic N) is 2. The van der Waals surface area contributed by atoms with Gasteiger partial charge in [0.05, 0.1) is 25.5 Å². The molecular weight excluding hydrogens is 486 g/mol. The Morgan fingerprint density at radius 3 is 2.43 bits per heavy atom. The van der Waals surface area contributed by atoms with E-state index in [9.17, 15) is 34.3 Å². The number of carbonyl (C=O) groups is 5. The lowest BCUT2D eigenvalue weighted by Gasteiger charge is -2.32. The summed E-state index contributed by atoms with van der Waals surface area (Å²) in [6.45, 7) is 5.81. The Hall–Kier alpha value is -4.34. The van der Waals surface area contributed by atoms with E-state index in [0.717, 1.165) is 4.90 Å². The van der Waals surface area contributed by atoms with Crippen molar-refractivity contribution in [3.63, 3.8) is 0 Å². The second-order valence-electron chi connectivity index (χ2n) is 8.84. The van der Waals surface area contributed by atoms with Crippen molar-refractivity contribution in [1.29, 1.82) is 5.26 Å². The Bertz CT molecular complexity index is 1030. The quantitative estimate of drug-likeness (QED) is 0.226. The van der Waals surface area contributed by atoms with Crippen LogP contribution in [0.4, 0.5) is 4.79 Å². The van der Waals surface area contributed by atoms with Crippen molar-refractivity contribution in [3.8, 4) is 11.8 Å². The predicted molar refractivity (Wildman–Crippen MR) is 129 cm³/mol. The number of amides is 4. The standard InChI is InChI=1S/C24H33N5O8/c1-5-36-19(32)9-11-27-21(33)20(15-7-6-8-16(30)13-15)29(12-10-25)22(34)17(14-18(26)31)28-23(35)37-24(2,3)4/h6-8,13,17,20,30H,5,9,11-12,14H2,1-4H3,(H2,26,31)(H,27,33)(H,28,35). The van der Waals surface area contributed by atoms with Crippen molar-refractivity contribution < 1.29 is 38.6 Å². The third kappa shape index (κ3) is 10.9. The number of primary amides is 1. The Morgan fingerprint density at radius 2 is 1.89 bits per heavy atom. The number of aromatic hydroxyl groups is 1. The van der Waals surface area contributed by atoms with E-state index in [4.69, 9.17) is 15.2 Å². The second kappa shape index (κ2) is 14.3. The van der Waals surface area contributed by atoms with E-state index in [-0.39, 0.29) is 30.9 Å². The van der Waals surface area contributed by atoms with Crippen molar-refractivity contribution in [2.24, 2.45) is 5.73 Å². The first kappa shape index (κ1) is 30.7. The summed E-state index contributed by atoms with van der Waals surface area (Å²) in [5.74, 6) is -3.45. The average Bonchev–Trinajstić information content (AvgIpc) is 2.76. The van der Waals surface area contributed by atoms with Crippen molar-refractivity contribution >= 4 is 29.8 Å². The van der Waals surface area contributed by atoms with Gasteiger partial charge in [-0.25, -0.2) is 4.79 Å². The van der Waals surface area contributed by atoms with Crippen LogP contribution in [-0.4, -0.2) is 71.1 Å². The zero-order valence-corrected chi connectivity index (χ0v) is 21.3. The molecule has 0 saturated heterocycles. The summed E-state index contributed by atoms with van der Waals surface area (Å²) in [4.78, 5) is 63.2. The minimum Gasteiger partial charge on any atom is -0.508 e. The van der Waals surface area contributed by atoms with Crippen molar-refractivity contribution in [2.75, 3.05) is 19.7 Å². The molecule has 0 aliphatic carbocycles. The number of nitrogens with one attached hydrogen (secondary N) is 2. The molecule has 13 nitrogen and oxygen atoms in total.